The number of aliphatic imine (C=N–C) groups is 1. The van der Waals surface area contributed by atoms with Gasteiger partial charge in [-0.25, -0.2) is 14.2 Å². The summed E-state index contributed by atoms with van der Waals surface area (Å²) in [6, 6.07) is 10.2. The molecular weight excluding hydrogens is 366 g/mol. The first-order valence-corrected chi connectivity index (χ1v) is 8.04. The summed E-state index contributed by atoms with van der Waals surface area (Å²) in [5.41, 5.74) is -1.23. The lowest BCUT2D eigenvalue weighted by molar-refractivity contribution is 0.0697. The van der Waals surface area contributed by atoms with Crippen molar-refractivity contribution in [3.05, 3.63) is 80.0 Å². The Morgan fingerprint density at radius 2 is 1.86 bits per heavy atom. The van der Waals surface area contributed by atoms with Crippen molar-refractivity contribution in [3.8, 4) is 17.3 Å². The molecule has 1 heterocycles. The lowest BCUT2D eigenvalue weighted by Gasteiger charge is -2.11. The normalized spacial score (nSPS) is 11.0. The summed E-state index contributed by atoms with van der Waals surface area (Å²) in [4.78, 5) is 41.4. The highest BCUT2D eigenvalue weighted by Gasteiger charge is 2.16. The Balaban J connectivity index is 2.16. The van der Waals surface area contributed by atoms with Crippen LogP contribution in [0.5, 0.6) is 11.6 Å². The van der Waals surface area contributed by atoms with Crippen LogP contribution in [-0.4, -0.2) is 37.1 Å². The molecule has 0 spiro atoms. The van der Waals surface area contributed by atoms with Gasteiger partial charge in [-0.2, -0.15) is 0 Å². The average Bonchev–Trinajstić information content (AvgIpc) is 2.64. The SMILES string of the molecule is Cc1ccccc1-n1c(O)c(C=Nc2cc(C(=O)O)ccc2O)c(=O)[nH]c1=O. The minimum absolute atomic E-state index is 0.118. The van der Waals surface area contributed by atoms with E-state index in [0.717, 1.165) is 22.9 Å². The molecule has 0 bridgehead atoms. The molecule has 9 heteroatoms. The number of aromatic nitrogens is 2. The monoisotopic (exact) mass is 381 g/mol. The predicted octanol–water partition coefficient (Wildman–Crippen LogP) is 1.69. The summed E-state index contributed by atoms with van der Waals surface area (Å²) in [6.45, 7) is 1.73. The highest BCUT2D eigenvalue weighted by atomic mass is 16.4. The third-order valence-corrected chi connectivity index (χ3v) is 4.03. The molecule has 0 unspecified atom stereocenters. The molecule has 0 aliphatic carbocycles. The van der Waals surface area contributed by atoms with Gasteiger partial charge >= 0.3 is 11.7 Å². The summed E-state index contributed by atoms with van der Waals surface area (Å²) in [7, 11) is 0. The largest absolute Gasteiger partial charge is 0.506 e. The molecule has 0 saturated carbocycles. The van der Waals surface area contributed by atoms with Gasteiger partial charge in [0, 0.05) is 6.21 Å². The third kappa shape index (κ3) is 3.40. The van der Waals surface area contributed by atoms with Crippen LogP contribution >= 0.6 is 0 Å². The van der Waals surface area contributed by atoms with E-state index in [4.69, 9.17) is 5.11 Å². The number of nitrogens with zero attached hydrogens (tertiary/aromatic N) is 2. The molecular formula is C19H15N3O6. The fraction of sp³-hybridized carbons (Fsp3) is 0.0526. The summed E-state index contributed by atoms with van der Waals surface area (Å²) in [5, 5.41) is 29.4. The van der Waals surface area contributed by atoms with Crippen molar-refractivity contribution in [2.24, 2.45) is 4.99 Å². The first-order valence-electron chi connectivity index (χ1n) is 8.04. The van der Waals surface area contributed by atoms with Gasteiger partial charge in [-0.3, -0.25) is 14.8 Å². The van der Waals surface area contributed by atoms with E-state index in [1.54, 1.807) is 31.2 Å². The number of para-hydroxylation sites is 1. The number of H-pyrrole nitrogens is 1. The summed E-state index contributed by atoms with van der Waals surface area (Å²) in [5.74, 6) is -2.17. The van der Waals surface area contributed by atoms with Gasteiger partial charge in [0.1, 0.15) is 17.0 Å². The number of nitrogens with one attached hydrogen (secondary N) is 1. The molecule has 4 N–H and O–H groups in total. The average molecular weight is 381 g/mol. The molecule has 0 saturated heterocycles. The van der Waals surface area contributed by atoms with Crippen molar-refractivity contribution >= 4 is 17.9 Å². The maximum Gasteiger partial charge on any atom is 0.335 e. The van der Waals surface area contributed by atoms with Crippen molar-refractivity contribution in [1.82, 2.24) is 9.55 Å². The number of carbonyl (C=O) groups is 1. The molecule has 0 fully saturated rings. The number of phenolic OH excluding ortho intramolecular Hbond substituents is 1. The number of phenols is 1. The van der Waals surface area contributed by atoms with Gasteiger partial charge in [0.05, 0.1) is 11.3 Å². The van der Waals surface area contributed by atoms with E-state index in [0.29, 0.717) is 11.3 Å². The molecule has 3 aromatic rings. The lowest BCUT2D eigenvalue weighted by Crippen LogP contribution is -2.31. The second kappa shape index (κ2) is 7.23. The van der Waals surface area contributed by atoms with Crippen molar-refractivity contribution in [1.29, 1.82) is 0 Å². The van der Waals surface area contributed by atoms with Crippen LogP contribution in [0, 0.1) is 6.92 Å². The molecule has 0 aliphatic rings. The summed E-state index contributed by atoms with van der Waals surface area (Å²) >= 11 is 0. The van der Waals surface area contributed by atoms with E-state index >= 15 is 0 Å². The van der Waals surface area contributed by atoms with Crippen molar-refractivity contribution in [3.63, 3.8) is 0 Å². The Morgan fingerprint density at radius 3 is 2.54 bits per heavy atom. The smallest absolute Gasteiger partial charge is 0.335 e. The van der Waals surface area contributed by atoms with Gasteiger partial charge in [0.2, 0.25) is 5.88 Å². The Bertz CT molecular complexity index is 1220. The number of rotatable bonds is 4. The Kier molecular flexibility index (Phi) is 4.82. The zero-order valence-corrected chi connectivity index (χ0v) is 14.6. The maximum atomic E-state index is 12.2. The van der Waals surface area contributed by atoms with Crippen LogP contribution in [0.1, 0.15) is 21.5 Å². The van der Waals surface area contributed by atoms with E-state index < -0.39 is 23.1 Å². The summed E-state index contributed by atoms with van der Waals surface area (Å²) < 4.78 is 0.922. The van der Waals surface area contributed by atoms with E-state index in [2.05, 4.69) is 9.98 Å². The highest BCUT2D eigenvalue weighted by molar-refractivity contribution is 5.90. The van der Waals surface area contributed by atoms with E-state index in [1.807, 2.05) is 0 Å². The number of carboxylic acids is 1. The molecule has 0 atom stereocenters. The van der Waals surface area contributed by atoms with Crippen LogP contribution in [-0.2, 0) is 0 Å². The molecule has 0 amide bonds. The van der Waals surface area contributed by atoms with Crippen LogP contribution in [0.4, 0.5) is 5.69 Å². The Hall–Kier alpha value is -4.14. The second-order valence-corrected chi connectivity index (χ2v) is 5.89. The zero-order chi connectivity index (χ0) is 20.4. The first kappa shape index (κ1) is 18.6. The van der Waals surface area contributed by atoms with E-state index in [1.165, 1.54) is 6.07 Å². The molecule has 9 nitrogen and oxygen atoms in total. The molecule has 1 aromatic heterocycles. The number of benzene rings is 2. The van der Waals surface area contributed by atoms with Gasteiger partial charge < -0.3 is 15.3 Å². The number of aromatic hydroxyl groups is 2. The topological polar surface area (TPSA) is 145 Å². The van der Waals surface area contributed by atoms with Gasteiger partial charge in [-0.05, 0) is 36.8 Å². The molecule has 142 valence electrons. The van der Waals surface area contributed by atoms with Crippen LogP contribution in [0.15, 0.2) is 57.0 Å². The number of aromatic carboxylic acids is 1. The molecule has 0 radical (unpaired) electrons. The molecule has 0 aliphatic heterocycles. The minimum Gasteiger partial charge on any atom is -0.506 e. The molecule has 3 rings (SSSR count). The fourth-order valence-corrected chi connectivity index (χ4v) is 2.59. The van der Waals surface area contributed by atoms with Crippen LogP contribution < -0.4 is 11.2 Å². The standard InChI is InChI=1S/C19H15N3O6/c1-10-4-2-3-5-14(10)22-17(25)12(16(24)21-19(22)28)9-20-13-8-11(18(26)27)6-7-15(13)23/h2-9,23,25H,1H3,(H,26,27)(H,21,24,28). The van der Waals surface area contributed by atoms with Crippen molar-refractivity contribution in [2.45, 2.75) is 6.92 Å². The Labute approximate surface area is 157 Å². The van der Waals surface area contributed by atoms with Crippen LogP contribution in [0.25, 0.3) is 5.69 Å². The van der Waals surface area contributed by atoms with Gasteiger partial charge in [-0.1, -0.05) is 18.2 Å². The molecule has 28 heavy (non-hydrogen) atoms. The first-order chi connectivity index (χ1) is 13.3. The van der Waals surface area contributed by atoms with Crippen molar-refractivity contribution in [2.75, 3.05) is 0 Å². The lowest BCUT2D eigenvalue weighted by atomic mass is 10.2. The maximum absolute atomic E-state index is 12.2. The van der Waals surface area contributed by atoms with E-state index in [9.17, 15) is 24.6 Å². The van der Waals surface area contributed by atoms with Crippen molar-refractivity contribution < 1.29 is 20.1 Å². The summed E-state index contributed by atoms with van der Waals surface area (Å²) in [6.07, 6.45) is 0.947. The minimum atomic E-state index is -1.22. The zero-order valence-electron chi connectivity index (χ0n) is 14.6. The Morgan fingerprint density at radius 1 is 1.14 bits per heavy atom. The van der Waals surface area contributed by atoms with Crippen LogP contribution in [0.2, 0.25) is 0 Å². The molecule has 2 aromatic carbocycles. The second-order valence-electron chi connectivity index (χ2n) is 5.89. The number of aryl methyl sites for hydroxylation is 1. The number of carboxylic acid groups (broad SMARTS) is 1. The van der Waals surface area contributed by atoms with Gasteiger partial charge in [-0.15, -0.1) is 0 Å². The number of hydrogen-bond donors (Lipinski definition) is 4. The predicted molar refractivity (Wildman–Crippen MR) is 101 cm³/mol. The van der Waals surface area contributed by atoms with Gasteiger partial charge in [0.15, 0.2) is 0 Å². The third-order valence-electron chi connectivity index (χ3n) is 4.03. The number of hydrogen-bond acceptors (Lipinski definition) is 6. The fourth-order valence-electron chi connectivity index (χ4n) is 2.59. The highest BCUT2D eigenvalue weighted by Crippen LogP contribution is 2.27. The van der Waals surface area contributed by atoms with Gasteiger partial charge in [0.25, 0.3) is 5.56 Å². The number of aromatic amines is 1. The quantitative estimate of drug-likeness (QED) is 0.506. The van der Waals surface area contributed by atoms with Crippen LogP contribution in [0.3, 0.4) is 0 Å². The van der Waals surface area contributed by atoms with E-state index in [-0.39, 0.29) is 22.6 Å².